The summed E-state index contributed by atoms with van der Waals surface area (Å²) in [7, 11) is 0. The number of piperidine rings is 1. The van der Waals surface area contributed by atoms with Gasteiger partial charge in [-0.3, -0.25) is 9.59 Å². The van der Waals surface area contributed by atoms with Crippen molar-refractivity contribution in [2.24, 2.45) is 11.7 Å². The van der Waals surface area contributed by atoms with Gasteiger partial charge in [0, 0.05) is 18.0 Å². The molecule has 1 aromatic heterocycles. The van der Waals surface area contributed by atoms with Crippen molar-refractivity contribution in [3.63, 3.8) is 0 Å². The van der Waals surface area contributed by atoms with Gasteiger partial charge in [-0.05, 0) is 50.2 Å². The quantitative estimate of drug-likeness (QED) is 0.910. The van der Waals surface area contributed by atoms with Crippen LogP contribution in [0.3, 0.4) is 0 Å². The van der Waals surface area contributed by atoms with E-state index >= 15 is 0 Å². The van der Waals surface area contributed by atoms with Crippen molar-refractivity contribution in [2.45, 2.75) is 51.4 Å². The Morgan fingerprint density at radius 2 is 1.91 bits per heavy atom. The lowest BCUT2D eigenvalue weighted by atomic mass is 9.97. The number of carbonyl (C=O) groups is 2. The molecule has 1 unspecified atom stereocenters. The third-order valence-electron chi connectivity index (χ3n) is 4.82. The van der Waals surface area contributed by atoms with Crippen LogP contribution in [0.25, 0.3) is 0 Å². The van der Waals surface area contributed by atoms with Gasteiger partial charge < -0.3 is 10.6 Å². The van der Waals surface area contributed by atoms with Crippen molar-refractivity contribution in [2.75, 3.05) is 13.1 Å². The molecule has 1 aromatic rings. The van der Waals surface area contributed by atoms with Gasteiger partial charge in [0.25, 0.3) is 5.91 Å². The van der Waals surface area contributed by atoms with E-state index in [1.165, 1.54) is 36.1 Å². The Hall–Kier alpha value is -1.36. The molecule has 0 bridgehead atoms. The average molecular weight is 320 g/mol. The molecule has 0 aromatic carbocycles. The maximum atomic E-state index is 12.7. The molecule has 1 aliphatic heterocycles. The van der Waals surface area contributed by atoms with Crippen molar-refractivity contribution >= 4 is 23.2 Å². The first kappa shape index (κ1) is 15.5. The molecular formula is C17H24N2O2S. The number of nitrogens with zero attached hydrogens (tertiary/aromatic N) is 1. The van der Waals surface area contributed by atoms with E-state index in [-0.39, 0.29) is 17.7 Å². The van der Waals surface area contributed by atoms with Crippen LogP contribution in [0, 0.1) is 5.92 Å². The van der Waals surface area contributed by atoms with E-state index < -0.39 is 0 Å². The van der Waals surface area contributed by atoms with Gasteiger partial charge in [-0.25, -0.2) is 0 Å². The highest BCUT2D eigenvalue weighted by molar-refractivity contribution is 7.14. The lowest BCUT2D eigenvalue weighted by molar-refractivity contribution is -0.123. The fourth-order valence-corrected chi connectivity index (χ4v) is 4.72. The summed E-state index contributed by atoms with van der Waals surface area (Å²) in [6, 6.07) is 2.10. The van der Waals surface area contributed by atoms with Gasteiger partial charge in [-0.2, -0.15) is 0 Å². The smallest absolute Gasteiger partial charge is 0.263 e. The number of likely N-dealkylation sites (tertiary alicyclic amines) is 1. The summed E-state index contributed by atoms with van der Waals surface area (Å²) in [6.45, 7) is 1.22. The molecule has 2 heterocycles. The average Bonchev–Trinajstić information content (AvgIpc) is 2.89. The van der Waals surface area contributed by atoms with Gasteiger partial charge in [0.1, 0.15) is 0 Å². The number of nitrogens with two attached hydrogens (primary N) is 1. The lowest BCUT2D eigenvalue weighted by Gasteiger charge is -2.30. The number of fused-ring (bicyclic) bond motifs is 1. The zero-order valence-corrected chi connectivity index (χ0v) is 13.8. The van der Waals surface area contributed by atoms with Gasteiger partial charge in [0.15, 0.2) is 0 Å². The van der Waals surface area contributed by atoms with Crippen LogP contribution in [0.2, 0.25) is 0 Å². The maximum Gasteiger partial charge on any atom is 0.263 e. The maximum absolute atomic E-state index is 12.7. The van der Waals surface area contributed by atoms with E-state index in [9.17, 15) is 9.59 Å². The van der Waals surface area contributed by atoms with Crippen molar-refractivity contribution in [1.82, 2.24) is 4.90 Å². The van der Waals surface area contributed by atoms with E-state index in [2.05, 4.69) is 6.07 Å². The Morgan fingerprint density at radius 1 is 1.14 bits per heavy atom. The molecule has 2 N–H and O–H groups in total. The molecule has 5 heteroatoms. The van der Waals surface area contributed by atoms with E-state index in [1.54, 1.807) is 11.3 Å². The predicted molar refractivity (Wildman–Crippen MR) is 88.0 cm³/mol. The zero-order valence-electron chi connectivity index (χ0n) is 13.0. The van der Waals surface area contributed by atoms with Crippen molar-refractivity contribution < 1.29 is 9.59 Å². The molecule has 1 atom stereocenters. The molecule has 0 radical (unpaired) electrons. The number of carbonyl (C=O) groups excluding carboxylic acids is 2. The largest absolute Gasteiger partial charge is 0.369 e. The number of hydrogen-bond donors (Lipinski definition) is 1. The Bertz CT molecular complexity index is 542. The molecule has 1 saturated heterocycles. The Kier molecular flexibility index (Phi) is 4.81. The molecular weight excluding hydrogens is 296 g/mol. The number of thiophene rings is 1. The van der Waals surface area contributed by atoms with Crippen molar-refractivity contribution in [3.8, 4) is 0 Å². The summed E-state index contributed by atoms with van der Waals surface area (Å²) < 4.78 is 0. The number of aryl methyl sites for hydroxylation is 2. The number of amides is 2. The lowest BCUT2D eigenvalue weighted by Crippen LogP contribution is -2.43. The minimum atomic E-state index is -0.282. The van der Waals surface area contributed by atoms with E-state index in [0.29, 0.717) is 6.54 Å². The summed E-state index contributed by atoms with van der Waals surface area (Å²) in [6.07, 6.45) is 8.93. The molecule has 2 aliphatic rings. The Balaban J connectivity index is 1.74. The third-order valence-corrected chi connectivity index (χ3v) is 6.04. The van der Waals surface area contributed by atoms with Gasteiger partial charge in [0.2, 0.25) is 5.91 Å². The zero-order chi connectivity index (χ0) is 15.5. The van der Waals surface area contributed by atoms with E-state index in [0.717, 1.165) is 37.1 Å². The fourth-order valence-electron chi connectivity index (χ4n) is 3.50. The summed E-state index contributed by atoms with van der Waals surface area (Å²) in [5, 5.41) is 0. The van der Waals surface area contributed by atoms with Gasteiger partial charge in [-0.1, -0.05) is 12.8 Å². The monoisotopic (exact) mass is 320 g/mol. The fraction of sp³-hybridized carbons (Fsp3) is 0.647. The predicted octanol–water partition coefficient (Wildman–Crippen LogP) is 2.74. The molecule has 3 rings (SSSR count). The molecule has 0 saturated carbocycles. The second-order valence-electron chi connectivity index (χ2n) is 6.47. The van der Waals surface area contributed by atoms with Gasteiger partial charge >= 0.3 is 0 Å². The normalized spacial score (nSPS) is 22.5. The van der Waals surface area contributed by atoms with Crippen LogP contribution < -0.4 is 5.73 Å². The summed E-state index contributed by atoms with van der Waals surface area (Å²) >= 11 is 1.66. The second kappa shape index (κ2) is 6.82. The molecule has 2 amide bonds. The standard InChI is InChI=1S/C17H24N2O2S/c18-16(20)13-7-5-9-19(11-13)17(21)15-10-12-6-3-1-2-4-8-14(12)22-15/h10,13H,1-9,11H2,(H2,18,20). The summed E-state index contributed by atoms with van der Waals surface area (Å²) in [4.78, 5) is 28.2. The molecule has 1 aliphatic carbocycles. The van der Waals surface area contributed by atoms with Gasteiger partial charge in [0.05, 0.1) is 10.8 Å². The van der Waals surface area contributed by atoms with Crippen LogP contribution >= 0.6 is 11.3 Å². The number of hydrogen-bond acceptors (Lipinski definition) is 3. The summed E-state index contributed by atoms with van der Waals surface area (Å²) in [5.74, 6) is -0.377. The minimum Gasteiger partial charge on any atom is -0.369 e. The van der Waals surface area contributed by atoms with Crippen LogP contribution in [0.4, 0.5) is 0 Å². The molecule has 0 spiro atoms. The van der Waals surface area contributed by atoms with Gasteiger partial charge in [-0.15, -0.1) is 11.3 Å². The third kappa shape index (κ3) is 3.35. The van der Waals surface area contributed by atoms with E-state index in [1.807, 2.05) is 4.90 Å². The van der Waals surface area contributed by atoms with Crippen LogP contribution in [0.5, 0.6) is 0 Å². The summed E-state index contributed by atoms with van der Waals surface area (Å²) in [5.41, 5.74) is 6.78. The first-order valence-corrected chi connectivity index (χ1v) is 9.17. The molecule has 4 nitrogen and oxygen atoms in total. The van der Waals surface area contributed by atoms with Crippen LogP contribution in [0.1, 0.15) is 58.6 Å². The highest BCUT2D eigenvalue weighted by Gasteiger charge is 2.28. The Morgan fingerprint density at radius 3 is 2.68 bits per heavy atom. The number of primary amides is 1. The first-order valence-electron chi connectivity index (χ1n) is 8.35. The molecule has 22 heavy (non-hydrogen) atoms. The van der Waals surface area contributed by atoms with Crippen molar-refractivity contribution in [3.05, 3.63) is 21.4 Å². The van der Waals surface area contributed by atoms with Crippen LogP contribution in [-0.4, -0.2) is 29.8 Å². The SMILES string of the molecule is NC(=O)C1CCCN(C(=O)c2cc3c(s2)CCCCCC3)C1. The Labute approximate surface area is 135 Å². The first-order chi connectivity index (χ1) is 10.6. The number of rotatable bonds is 2. The highest BCUT2D eigenvalue weighted by atomic mass is 32.1. The van der Waals surface area contributed by atoms with E-state index in [4.69, 9.17) is 5.73 Å². The minimum absolute atomic E-state index is 0.0858. The molecule has 120 valence electrons. The van der Waals surface area contributed by atoms with Crippen LogP contribution in [0.15, 0.2) is 6.07 Å². The van der Waals surface area contributed by atoms with Crippen LogP contribution in [-0.2, 0) is 17.6 Å². The molecule has 1 fully saturated rings. The topological polar surface area (TPSA) is 63.4 Å². The second-order valence-corrected chi connectivity index (χ2v) is 7.60. The highest BCUT2D eigenvalue weighted by Crippen LogP contribution is 2.30. The van der Waals surface area contributed by atoms with Crippen molar-refractivity contribution in [1.29, 1.82) is 0 Å².